The fourth-order valence-electron chi connectivity index (χ4n) is 2.77. The van der Waals surface area contributed by atoms with Gasteiger partial charge in [-0.05, 0) is 54.3 Å². The van der Waals surface area contributed by atoms with Crippen molar-refractivity contribution < 1.29 is 4.79 Å². The number of rotatable bonds is 4. The maximum Gasteiger partial charge on any atom is 0.251 e. The molecule has 0 spiro atoms. The third-order valence-corrected chi connectivity index (χ3v) is 4.46. The van der Waals surface area contributed by atoms with Crippen LogP contribution in [0.15, 0.2) is 46.9 Å². The number of hydrogen-bond donors (Lipinski definition) is 2. The van der Waals surface area contributed by atoms with Gasteiger partial charge in [-0.2, -0.15) is 0 Å². The van der Waals surface area contributed by atoms with Gasteiger partial charge in [0.2, 0.25) is 0 Å². The minimum Gasteiger partial charge on any atom is -0.349 e. The van der Waals surface area contributed by atoms with Crippen LogP contribution in [-0.4, -0.2) is 11.9 Å². The highest BCUT2D eigenvalue weighted by Crippen LogP contribution is 2.17. The lowest BCUT2D eigenvalue weighted by molar-refractivity contribution is 0.0940. The Morgan fingerprint density at radius 2 is 1.91 bits per heavy atom. The number of halogens is 1. The van der Waals surface area contributed by atoms with Crippen LogP contribution in [0.2, 0.25) is 0 Å². The highest BCUT2D eigenvalue weighted by Gasteiger charge is 2.15. The van der Waals surface area contributed by atoms with Crippen molar-refractivity contribution in [2.24, 2.45) is 0 Å². The first-order valence-electron chi connectivity index (χ1n) is 7.49. The van der Waals surface area contributed by atoms with E-state index < -0.39 is 0 Å². The van der Waals surface area contributed by atoms with E-state index in [1.165, 1.54) is 16.7 Å². The molecule has 0 aromatic heterocycles. The molecule has 3 nitrogen and oxygen atoms in total. The summed E-state index contributed by atoms with van der Waals surface area (Å²) in [6.45, 7) is 3.79. The zero-order valence-corrected chi connectivity index (χ0v) is 14.1. The Morgan fingerprint density at radius 1 is 1.18 bits per heavy atom. The van der Waals surface area contributed by atoms with Gasteiger partial charge >= 0.3 is 0 Å². The van der Waals surface area contributed by atoms with Crippen LogP contribution in [-0.2, 0) is 19.5 Å². The summed E-state index contributed by atoms with van der Waals surface area (Å²) in [5.41, 5.74) is 4.48. The monoisotopic (exact) mass is 358 g/mol. The van der Waals surface area contributed by atoms with Crippen molar-refractivity contribution in [3.8, 4) is 0 Å². The molecule has 1 atom stereocenters. The molecule has 1 aliphatic heterocycles. The number of carbonyl (C=O) groups excluding carboxylic acids is 1. The fraction of sp³-hybridized carbons (Fsp3) is 0.278. The minimum atomic E-state index is -0.000637. The second-order valence-corrected chi connectivity index (χ2v) is 6.71. The van der Waals surface area contributed by atoms with E-state index in [-0.39, 0.29) is 11.9 Å². The van der Waals surface area contributed by atoms with Crippen LogP contribution in [0.1, 0.15) is 34.0 Å². The molecule has 0 bridgehead atoms. The van der Waals surface area contributed by atoms with Crippen molar-refractivity contribution in [1.82, 2.24) is 10.6 Å². The van der Waals surface area contributed by atoms with Gasteiger partial charge in [0.05, 0.1) is 0 Å². The summed E-state index contributed by atoms with van der Waals surface area (Å²) in [6, 6.07) is 14.3. The minimum absolute atomic E-state index is 0.000637. The molecule has 3 rings (SSSR count). The zero-order chi connectivity index (χ0) is 15.5. The summed E-state index contributed by atoms with van der Waals surface area (Å²) in [5.74, 6) is -0.000637. The van der Waals surface area contributed by atoms with Gasteiger partial charge in [-0.3, -0.25) is 4.79 Å². The topological polar surface area (TPSA) is 41.1 Å². The number of fused-ring (bicyclic) bond motifs is 1. The van der Waals surface area contributed by atoms with Gasteiger partial charge in [0.1, 0.15) is 0 Å². The van der Waals surface area contributed by atoms with Crippen LogP contribution < -0.4 is 10.6 Å². The Morgan fingerprint density at radius 3 is 2.68 bits per heavy atom. The number of carbonyl (C=O) groups is 1. The average Bonchev–Trinajstić information content (AvgIpc) is 2.97. The van der Waals surface area contributed by atoms with Crippen molar-refractivity contribution in [1.29, 1.82) is 0 Å². The standard InChI is InChI=1S/C18H19BrN2O/c1-12(8-13-2-6-17(19)7-3-13)21-18(22)14-4-5-15-10-20-11-16(15)9-14/h2-7,9,12,20H,8,10-11H2,1H3,(H,21,22). The van der Waals surface area contributed by atoms with Crippen LogP contribution in [0.3, 0.4) is 0 Å². The molecule has 4 heteroatoms. The first-order valence-corrected chi connectivity index (χ1v) is 8.29. The normalized spacial score (nSPS) is 14.5. The van der Waals surface area contributed by atoms with Crippen LogP contribution in [0.4, 0.5) is 0 Å². The van der Waals surface area contributed by atoms with Gasteiger partial charge in [-0.25, -0.2) is 0 Å². The van der Waals surface area contributed by atoms with E-state index >= 15 is 0 Å². The zero-order valence-electron chi connectivity index (χ0n) is 12.5. The predicted octanol–water partition coefficient (Wildman–Crippen LogP) is 3.41. The Bertz CT molecular complexity index is 682. The molecule has 1 heterocycles. The maximum atomic E-state index is 12.4. The second-order valence-electron chi connectivity index (χ2n) is 5.79. The molecule has 0 aliphatic carbocycles. The first kappa shape index (κ1) is 15.3. The highest BCUT2D eigenvalue weighted by atomic mass is 79.9. The molecular weight excluding hydrogens is 340 g/mol. The molecule has 0 radical (unpaired) electrons. The molecule has 2 aromatic carbocycles. The molecule has 22 heavy (non-hydrogen) atoms. The molecule has 2 aromatic rings. The van der Waals surface area contributed by atoms with Gasteiger partial charge in [0.25, 0.3) is 5.91 Å². The third kappa shape index (κ3) is 3.57. The van der Waals surface area contributed by atoms with Crippen LogP contribution in [0.5, 0.6) is 0 Å². The highest BCUT2D eigenvalue weighted by molar-refractivity contribution is 9.10. The summed E-state index contributed by atoms with van der Waals surface area (Å²) in [7, 11) is 0. The van der Waals surface area contributed by atoms with Gasteiger partial charge in [0.15, 0.2) is 0 Å². The Balaban J connectivity index is 1.62. The molecule has 114 valence electrons. The quantitative estimate of drug-likeness (QED) is 0.879. The van der Waals surface area contributed by atoms with E-state index in [4.69, 9.17) is 0 Å². The third-order valence-electron chi connectivity index (χ3n) is 3.93. The van der Waals surface area contributed by atoms with Crippen LogP contribution in [0, 0.1) is 0 Å². The predicted molar refractivity (Wildman–Crippen MR) is 91.8 cm³/mol. The van der Waals surface area contributed by atoms with E-state index in [0.29, 0.717) is 0 Å². The van der Waals surface area contributed by atoms with E-state index in [1.54, 1.807) is 0 Å². The maximum absolute atomic E-state index is 12.4. The smallest absolute Gasteiger partial charge is 0.251 e. The molecule has 0 saturated carbocycles. The van der Waals surface area contributed by atoms with Crippen molar-refractivity contribution >= 4 is 21.8 Å². The van der Waals surface area contributed by atoms with Gasteiger partial charge in [-0.15, -0.1) is 0 Å². The Labute approximate surface area is 139 Å². The van der Waals surface area contributed by atoms with Crippen molar-refractivity contribution in [2.45, 2.75) is 32.5 Å². The van der Waals surface area contributed by atoms with Gasteiger partial charge in [0, 0.05) is 29.2 Å². The Kier molecular flexibility index (Phi) is 4.60. The fourth-order valence-corrected chi connectivity index (χ4v) is 3.03. The summed E-state index contributed by atoms with van der Waals surface area (Å²) >= 11 is 3.43. The van der Waals surface area contributed by atoms with E-state index in [2.05, 4.69) is 38.7 Å². The lowest BCUT2D eigenvalue weighted by Crippen LogP contribution is -2.34. The van der Waals surface area contributed by atoms with Crippen LogP contribution in [0.25, 0.3) is 0 Å². The number of amides is 1. The van der Waals surface area contributed by atoms with E-state index in [9.17, 15) is 4.79 Å². The van der Waals surface area contributed by atoms with Gasteiger partial charge < -0.3 is 10.6 Å². The first-order chi connectivity index (χ1) is 10.6. The lowest BCUT2D eigenvalue weighted by Gasteiger charge is -2.14. The molecule has 2 N–H and O–H groups in total. The largest absolute Gasteiger partial charge is 0.349 e. The van der Waals surface area contributed by atoms with Crippen molar-refractivity contribution in [3.05, 3.63) is 69.2 Å². The SMILES string of the molecule is CC(Cc1ccc(Br)cc1)NC(=O)c1ccc2c(c1)CNC2. The second kappa shape index (κ2) is 6.63. The Hall–Kier alpha value is -1.65. The van der Waals surface area contributed by atoms with Crippen LogP contribution >= 0.6 is 15.9 Å². The molecule has 1 aliphatic rings. The molecular formula is C18H19BrN2O. The molecule has 0 fully saturated rings. The van der Waals surface area contributed by atoms with Crippen molar-refractivity contribution in [3.63, 3.8) is 0 Å². The summed E-state index contributed by atoms with van der Waals surface area (Å²) < 4.78 is 1.07. The van der Waals surface area contributed by atoms with Gasteiger partial charge in [-0.1, -0.05) is 34.1 Å². The van der Waals surface area contributed by atoms with E-state index in [0.717, 1.165) is 29.5 Å². The molecule has 1 amide bonds. The number of benzene rings is 2. The molecule has 0 saturated heterocycles. The summed E-state index contributed by atoms with van der Waals surface area (Å²) in [4.78, 5) is 12.4. The summed E-state index contributed by atoms with van der Waals surface area (Å²) in [5, 5.41) is 6.38. The lowest BCUT2D eigenvalue weighted by atomic mass is 10.0. The average molecular weight is 359 g/mol. The van der Waals surface area contributed by atoms with Crippen molar-refractivity contribution in [2.75, 3.05) is 0 Å². The number of nitrogens with one attached hydrogen (secondary N) is 2. The van der Waals surface area contributed by atoms with E-state index in [1.807, 2.05) is 37.3 Å². The number of hydrogen-bond acceptors (Lipinski definition) is 2. The molecule has 1 unspecified atom stereocenters. The summed E-state index contributed by atoms with van der Waals surface area (Å²) in [6.07, 6.45) is 0.825.